The topological polar surface area (TPSA) is 72.5 Å². The van der Waals surface area contributed by atoms with Crippen LogP contribution in [0, 0.1) is 5.41 Å². The first-order valence-electron chi connectivity index (χ1n) is 7.21. The highest BCUT2D eigenvalue weighted by Gasteiger charge is 2.20. The molecule has 5 heteroatoms. The maximum Gasteiger partial charge on any atom is 0.305 e. The van der Waals surface area contributed by atoms with Gasteiger partial charge in [-0.05, 0) is 5.56 Å². The molecule has 0 fully saturated rings. The Morgan fingerprint density at radius 3 is 2.14 bits per heavy atom. The molecule has 0 bridgehead atoms. The van der Waals surface area contributed by atoms with Crippen LogP contribution in [0.3, 0.4) is 0 Å². The van der Waals surface area contributed by atoms with Crippen molar-refractivity contribution >= 4 is 17.7 Å². The maximum atomic E-state index is 11.9. The fourth-order valence-electron chi connectivity index (χ4n) is 1.72. The third-order valence-corrected chi connectivity index (χ3v) is 3.19. The number of Topliss-reactive ketones (excluding diaryl/α,β-unsaturated/α-hetero) is 1. The molecule has 0 saturated carbocycles. The van der Waals surface area contributed by atoms with Crippen molar-refractivity contribution in [1.82, 2.24) is 5.32 Å². The zero-order chi connectivity index (χ0) is 16.8. The highest BCUT2D eigenvalue weighted by atomic mass is 16.5. The highest BCUT2D eigenvalue weighted by Crippen LogP contribution is 2.13. The van der Waals surface area contributed by atoms with E-state index < -0.39 is 11.4 Å². The number of benzene rings is 1. The molecule has 0 aromatic heterocycles. The number of carbonyl (C=O) groups is 3. The van der Waals surface area contributed by atoms with E-state index in [0.29, 0.717) is 12.1 Å². The van der Waals surface area contributed by atoms with E-state index in [2.05, 4.69) is 10.1 Å². The minimum atomic E-state index is -0.427. The molecule has 1 aromatic carbocycles. The Morgan fingerprint density at radius 2 is 1.64 bits per heavy atom. The average molecular weight is 305 g/mol. The molecular weight excluding hydrogens is 282 g/mol. The molecule has 0 unspecified atom stereocenters. The molecule has 0 heterocycles. The second-order valence-corrected chi connectivity index (χ2v) is 6.13. The first-order chi connectivity index (χ1) is 10.2. The first-order valence-corrected chi connectivity index (χ1v) is 7.21. The fraction of sp³-hybridized carbons (Fsp3) is 0.471. The van der Waals surface area contributed by atoms with Gasteiger partial charge < -0.3 is 10.1 Å². The number of amides is 1. The largest absolute Gasteiger partial charge is 0.469 e. The van der Waals surface area contributed by atoms with Gasteiger partial charge in [0.05, 0.1) is 13.5 Å². The van der Waals surface area contributed by atoms with Gasteiger partial charge in [0.25, 0.3) is 0 Å². The van der Waals surface area contributed by atoms with Gasteiger partial charge in [0, 0.05) is 23.9 Å². The van der Waals surface area contributed by atoms with Crippen LogP contribution < -0.4 is 5.32 Å². The third kappa shape index (κ3) is 5.68. The Labute approximate surface area is 131 Å². The van der Waals surface area contributed by atoms with Crippen molar-refractivity contribution in [3.05, 3.63) is 35.4 Å². The van der Waals surface area contributed by atoms with E-state index in [1.807, 2.05) is 20.8 Å². The van der Waals surface area contributed by atoms with Gasteiger partial charge in [-0.2, -0.15) is 0 Å². The van der Waals surface area contributed by atoms with Gasteiger partial charge in [-0.15, -0.1) is 0 Å². The molecule has 0 spiro atoms. The standard InChI is InChI=1S/C17H23NO4/c1-17(2,3)16(21)18-11-12-5-7-13(8-6-12)14(19)9-10-15(20)22-4/h5-8H,9-11H2,1-4H3,(H,18,21). The molecule has 0 radical (unpaired) electrons. The molecule has 0 saturated heterocycles. The maximum absolute atomic E-state index is 11.9. The number of methoxy groups -OCH3 is 1. The molecule has 5 nitrogen and oxygen atoms in total. The second-order valence-electron chi connectivity index (χ2n) is 6.13. The molecule has 120 valence electrons. The van der Waals surface area contributed by atoms with Crippen LogP contribution in [0.15, 0.2) is 24.3 Å². The van der Waals surface area contributed by atoms with Crippen molar-refractivity contribution in [3.8, 4) is 0 Å². The lowest BCUT2D eigenvalue weighted by atomic mass is 9.95. The molecule has 1 amide bonds. The summed E-state index contributed by atoms with van der Waals surface area (Å²) in [5.74, 6) is -0.517. The van der Waals surface area contributed by atoms with Crippen molar-refractivity contribution in [2.24, 2.45) is 5.41 Å². The lowest BCUT2D eigenvalue weighted by molar-refractivity contribution is -0.140. The molecule has 0 aliphatic carbocycles. The van der Waals surface area contributed by atoms with Crippen LogP contribution in [0.5, 0.6) is 0 Å². The molecule has 22 heavy (non-hydrogen) atoms. The number of carbonyl (C=O) groups excluding carboxylic acids is 3. The summed E-state index contributed by atoms with van der Waals surface area (Å²) in [6.07, 6.45) is 0.214. The molecule has 1 aromatic rings. The zero-order valence-electron chi connectivity index (χ0n) is 13.6. The predicted molar refractivity (Wildman–Crippen MR) is 83.3 cm³/mol. The minimum Gasteiger partial charge on any atom is -0.469 e. The SMILES string of the molecule is COC(=O)CCC(=O)c1ccc(CNC(=O)C(C)(C)C)cc1. The smallest absolute Gasteiger partial charge is 0.305 e. The summed E-state index contributed by atoms with van der Waals surface area (Å²) in [4.78, 5) is 34.7. The molecule has 0 atom stereocenters. The van der Waals surface area contributed by atoms with E-state index in [1.165, 1.54) is 7.11 Å². The van der Waals surface area contributed by atoms with Gasteiger partial charge in [-0.3, -0.25) is 14.4 Å². The van der Waals surface area contributed by atoms with Gasteiger partial charge in [0.1, 0.15) is 0 Å². The van der Waals surface area contributed by atoms with E-state index >= 15 is 0 Å². The van der Waals surface area contributed by atoms with E-state index in [1.54, 1.807) is 24.3 Å². The highest BCUT2D eigenvalue weighted by molar-refractivity contribution is 5.97. The van der Waals surface area contributed by atoms with Gasteiger partial charge in [-0.1, -0.05) is 45.0 Å². The number of ether oxygens (including phenoxy) is 1. The van der Waals surface area contributed by atoms with Crippen molar-refractivity contribution in [2.75, 3.05) is 7.11 Å². The van der Waals surface area contributed by atoms with Crippen molar-refractivity contribution in [2.45, 2.75) is 40.2 Å². The van der Waals surface area contributed by atoms with Crippen LogP contribution >= 0.6 is 0 Å². The molecule has 1 rings (SSSR count). The summed E-state index contributed by atoms with van der Waals surface area (Å²) in [6, 6.07) is 7.01. The quantitative estimate of drug-likeness (QED) is 0.647. The van der Waals surface area contributed by atoms with Crippen molar-refractivity contribution in [1.29, 1.82) is 0 Å². The fourth-order valence-corrected chi connectivity index (χ4v) is 1.72. The Bertz CT molecular complexity index is 541. The number of hydrogen-bond donors (Lipinski definition) is 1. The van der Waals surface area contributed by atoms with Crippen molar-refractivity contribution < 1.29 is 19.1 Å². The molecular formula is C17H23NO4. The lowest BCUT2D eigenvalue weighted by Crippen LogP contribution is -2.34. The van der Waals surface area contributed by atoms with E-state index in [0.717, 1.165) is 5.56 Å². The Balaban J connectivity index is 2.54. The average Bonchev–Trinajstić information content (AvgIpc) is 2.49. The summed E-state index contributed by atoms with van der Waals surface area (Å²) in [7, 11) is 1.30. The van der Waals surface area contributed by atoms with Gasteiger partial charge in [0.2, 0.25) is 5.91 Å². The van der Waals surface area contributed by atoms with Crippen LogP contribution in [0.2, 0.25) is 0 Å². The van der Waals surface area contributed by atoms with Gasteiger partial charge in [0.15, 0.2) is 5.78 Å². The van der Waals surface area contributed by atoms with Crippen LogP contribution in [-0.2, 0) is 20.9 Å². The first kappa shape index (κ1) is 17.9. The van der Waals surface area contributed by atoms with E-state index in [4.69, 9.17) is 0 Å². The summed E-state index contributed by atoms with van der Waals surface area (Å²) < 4.78 is 4.51. The normalized spacial score (nSPS) is 10.9. The number of nitrogens with one attached hydrogen (secondary N) is 1. The summed E-state index contributed by atoms with van der Waals surface area (Å²) in [5.41, 5.74) is 1.04. The number of esters is 1. The van der Waals surface area contributed by atoms with Gasteiger partial charge in [-0.25, -0.2) is 0 Å². The Hall–Kier alpha value is -2.17. The molecule has 0 aliphatic heterocycles. The lowest BCUT2D eigenvalue weighted by Gasteiger charge is -2.17. The Kier molecular flexibility index (Phi) is 6.28. The summed E-state index contributed by atoms with van der Waals surface area (Å²) in [6.45, 7) is 5.98. The molecule has 0 aliphatic rings. The van der Waals surface area contributed by atoms with Crippen LogP contribution in [0.4, 0.5) is 0 Å². The van der Waals surface area contributed by atoms with E-state index in [9.17, 15) is 14.4 Å². The zero-order valence-corrected chi connectivity index (χ0v) is 13.6. The third-order valence-electron chi connectivity index (χ3n) is 3.19. The van der Waals surface area contributed by atoms with Crippen LogP contribution in [0.1, 0.15) is 49.5 Å². The van der Waals surface area contributed by atoms with E-state index in [-0.39, 0.29) is 24.5 Å². The van der Waals surface area contributed by atoms with Crippen LogP contribution in [-0.4, -0.2) is 24.8 Å². The number of rotatable bonds is 6. The second kappa shape index (κ2) is 7.73. The minimum absolute atomic E-state index is 0.0225. The molecule has 1 N–H and O–H groups in total. The summed E-state index contributed by atoms with van der Waals surface area (Å²) in [5, 5.41) is 2.85. The van der Waals surface area contributed by atoms with Crippen LogP contribution in [0.25, 0.3) is 0 Å². The van der Waals surface area contributed by atoms with Gasteiger partial charge >= 0.3 is 5.97 Å². The summed E-state index contributed by atoms with van der Waals surface area (Å²) >= 11 is 0. The number of ketones is 1. The monoisotopic (exact) mass is 305 g/mol. The Morgan fingerprint density at radius 1 is 1.05 bits per heavy atom. The number of hydrogen-bond acceptors (Lipinski definition) is 4. The predicted octanol–water partition coefficient (Wildman–Crippen LogP) is 2.48. The van der Waals surface area contributed by atoms with Crippen molar-refractivity contribution in [3.63, 3.8) is 0 Å².